The number of hydrogen-bond acceptors (Lipinski definition) is 3. The van der Waals surface area contributed by atoms with E-state index in [9.17, 15) is 34.8 Å². The lowest BCUT2D eigenvalue weighted by Crippen LogP contribution is -2.35. The normalized spacial score (nSPS) is 21.5. The number of sulfone groups is 1. The Balaban J connectivity index is 1.75. The van der Waals surface area contributed by atoms with E-state index in [1.807, 2.05) is 4.98 Å². The fourth-order valence-electron chi connectivity index (χ4n) is 2.79. The third-order valence-corrected chi connectivity index (χ3v) is 6.48. The van der Waals surface area contributed by atoms with Crippen LogP contribution in [0.5, 0.6) is 0 Å². The maximum atomic E-state index is 12.7. The number of aromatic nitrogens is 2. The van der Waals surface area contributed by atoms with Crippen LogP contribution in [0.3, 0.4) is 0 Å². The molecular weight excluding hydrogens is 386 g/mol. The van der Waals surface area contributed by atoms with Gasteiger partial charge in [-0.1, -0.05) is 6.07 Å². The minimum Gasteiger partial charge on any atom is -0.341 e. The number of imidazole rings is 1. The predicted molar refractivity (Wildman–Crippen MR) is 78.0 cm³/mol. The fraction of sp³-hybridized carbons (Fsp3) is 0.400. The summed E-state index contributed by atoms with van der Waals surface area (Å²) in [6.07, 6.45) is -8.23. The van der Waals surface area contributed by atoms with Gasteiger partial charge in [0.25, 0.3) is 0 Å². The number of alkyl halides is 6. The number of nitrogens with zero attached hydrogens (tertiary/aromatic N) is 1. The molecule has 0 radical (unpaired) electrons. The predicted octanol–water partition coefficient (Wildman–Crippen LogP) is 4.17. The molecule has 1 aliphatic rings. The van der Waals surface area contributed by atoms with E-state index in [2.05, 4.69) is 4.98 Å². The van der Waals surface area contributed by atoms with E-state index < -0.39 is 49.6 Å². The molecule has 0 atom stereocenters. The summed E-state index contributed by atoms with van der Waals surface area (Å²) in [6.45, 7) is 0. The summed E-state index contributed by atoms with van der Waals surface area (Å²) in [7, 11) is -4.01. The SMILES string of the molecule is O=S(=O)(c1cccc(C(F)(F)F)c1)[C@H]1C[C@H](c2c[nH]c(C(F)(F)F)n2)C1. The van der Waals surface area contributed by atoms with Gasteiger partial charge in [-0.15, -0.1) is 0 Å². The highest BCUT2D eigenvalue weighted by Crippen LogP contribution is 2.43. The highest BCUT2D eigenvalue weighted by molar-refractivity contribution is 7.92. The molecule has 0 saturated heterocycles. The summed E-state index contributed by atoms with van der Waals surface area (Å²) in [5.41, 5.74) is -0.982. The molecule has 1 N–H and O–H groups in total. The number of nitrogens with one attached hydrogen (secondary N) is 1. The highest BCUT2D eigenvalue weighted by atomic mass is 32.2. The van der Waals surface area contributed by atoms with Crippen LogP contribution in [-0.4, -0.2) is 23.6 Å². The summed E-state index contributed by atoms with van der Waals surface area (Å²) < 4.78 is 101. The van der Waals surface area contributed by atoms with Gasteiger partial charge in [0.05, 0.1) is 21.4 Å². The second kappa shape index (κ2) is 6.00. The molecule has 1 heterocycles. The van der Waals surface area contributed by atoms with Gasteiger partial charge in [0, 0.05) is 12.1 Å². The van der Waals surface area contributed by atoms with Crippen LogP contribution < -0.4 is 0 Å². The van der Waals surface area contributed by atoms with E-state index in [4.69, 9.17) is 0 Å². The fourth-order valence-corrected chi connectivity index (χ4v) is 4.71. The van der Waals surface area contributed by atoms with Crippen LogP contribution in [0.2, 0.25) is 0 Å². The standard InChI is InChI=1S/C15H12F6N2O2S/c16-14(17,18)9-2-1-3-10(6-9)26(24,25)11-4-8(5-11)12-7-22-13(23-12)15(19,20)21/h1-3,6-8,11H,4-5H2,(H,22,23)/t8-,11-. The van der Waals surface area contributed by atoms with Crippen molar-refractivity contribution >= 4 is 9.84 Å². The summed E-state index contributed by atoms with van der Waals surface area (Å²) >= 11 is 0. The summed E-state index contributed by atoms with van der Waals surface area (Å²) in [5.74, 6) is -1.66. The smallest absolute Gasteiger partial charge is 0.341 e. The first-order chi connectivity index (χ1) is 11.9. The molecule has 0 amide bonds. The molecule has 0 bridgehead atoms. The summed E-state index contributed by atoms with van der Waals surface area (Å²) in [5, 5.41) is -0.956. The van der Waals surface area contributed by atoms with Gasteiger partial charge in [0.2, 0.25) is 5.82 Å². The van der Waals surface area contributed by atoms with Gasteiger partial charge in [-0.3, -0.25) is 0 Å². The maximum absolute atomic E-state index is 12.7. The first kappa shape index (κ1) is 18.7. The van der Waals surface area contributed by atoms with Crippen molar-refractivity contribution in [2.24, 2.45) is 0 Å². The van der Waals surface area contributed by atoms with Crippen LogP contribution >= 0.6 is 0 Å². The third-order valence-electron chi connectivity index (χ3n) is 4.31. The van der Waals surface area contributed by atoms with Gasteiger partial charge in [0.1, 0.15) is 0 Å². The number of aromatic amines is 1. The quantitative estimate of drug-likeness (QED) is 0.790. The van der Waals surface area contributed by atoms with Gasteiger partial charge in [-0.25, -0.2) is 13.4 Å². The van der Waals surface area contributed by atoms with Gasteiger partial charge >= 0.3 is 12.4 Å². The van der Waals surface area contributed by atoms with Crippen molar-refractivity contribution in [3.8, 4) is 0 Å². The Morgan fingerprint density at radius 1 is 1.04 bits per heavy atom. The minimum absolute atomic E-state index is 0.000723. The Bertz CT molecular complexity index is 911. The minimum atomic E-state index is -4.67. The first-order valence-corrected chi connectivity index (χ1v) is 8.97. The molecule has 11 heteroatoms. The molecule has 0 unspecified atom stereocenters. The molecular formula is C15H12F6N2O2S. The van der Waals surface area contributed by atoms with E-state index in [0.29, 0.717) is 6.07 Å². The topological polar surface area (TPSA) is 62.8 Å². The second-order valence-electron chi connectivity index (χ2n) is 6.03. The van der Waals surface area contributed by atoms with Crippen LogP contribution in [-0.2, 0) is 22.2 Å². The zero-order chi connectivity index (χ0) is 19.3. The molecule has 1 saturated carbocycles. The van der Waals surface area contributed by atoms with E-state index in [1.54, 1.807) is 0 Å². The monoisotopic (exact) mass is 398 g/mol. The number of benzene rings is 1. The molecule has 3 rings (SSSR count). The molecule has 1 aromatic carbocycles. The van der Waals surface area contributed by atoms with Crippen molar-refractivity contribution in [1.29, 1.82) is 0 Å². The first-order valence-electron chi connectivity index (χ1n) is 7.42. The maximum Gasteiger partial charge on any atom is 0.449 e. The lowest BCUT2D eigenvalue weighted by molar-refractivity contribution is -0.144. The molecule has 1 fully saturated rings. The molecule has 0 spiro atoms. The van der Waals surface area contributed by atoms with E-state index >= 15 is 0 Å². The molecule has 1 aliphatic carbocycles. The zero-order valence-electron chi connectivity index (χ0n) is 12.9. The Morgan fingerprint density at radius 3 is 2.23 bits per heavy atom. The number of rotatable bonds is 3. The van der Waals surface area contributed by atoms with Crippen LogP contribution in [0.15, 0.2) is 35.4 Å². The van der Waals surface area contributed by atoms with E-state index in [0.717, 1.165) is 24.4 Å². The van der Waals surface area contributed by atoms with Crippen molar-refractivity contribution in [2.45, 2.75) is 41.3 Å². The lowest BCUT2D eigenvalue weighted by Gasteiger charge is -2.33. The second-order valence-corrected chi connectivity index (χ2v) is 8.26. The Morgan fingerprint density at radius 2 is 1.69 bits per heavy atom. The van der Waals surface area contributed by atoms with Gasteiger partial charge in [0.15, 0.2) is 9.84 Å². The van der Waals surface area contributed by atoms with Crippen molar-refractivity contribution < 1.29 is 34.8 Å². The highest BCUT2D eigenvalue weighted by Gasteiger charge is 2.43. The van der Waals surface area contributed by atoms with Crippen LogP contribution in [0, 0.1) is 0 Å². The zero-order valence-corrected chi connectivity index (χ0v) is 13.7. The lowest BCUT2D eigenvalue weighted by atomic mass is 9.82. The summed E-state index contributed by atoms with van der Waals surface area (Å²) in [4.78, 5) is 4.96. The van der Waals surface area contributed by atoms with E-state index in [-0.39, 0.29) is 18.5 Å². The molecule has 2 aromatic rings. The Hall–Kier alpha value is -2.04. The Labute approximate surface area is 144 Å². The largest absolute Gasteiger partial charge is 0.449 e. The average Bonchev–Trinajstić information content (AvgIpc) is 2.94. The van der Waals surface area contributed by atoms with Crippen molar-refractivity contribution in [2.75, 3.05) is 0 Å². The van der Waals surface area contributed by atoms with Crippen LogP contribution in [0.4, 0.5) is 26.3 Å². The number of hydrogen-bond donors (Lipinski definition) is 1. The molecule has 0 aliphatic heterocycles. The van der Waals surface area contributed by atoms with Crippen molar-refractivity contribution in [1.82, 2.24) is 9.97 Å². The Kier molecular flexibility index (Phi) is 4.32. The van der Waals surface area contributed by atoms with Crippen LogP contribution in [0.25, 0.3) is 0 Å². The van der Waals surface area contributed by atoms with Gasteiger partial charge in [-0.2, -0.15) is 26.3 Å². The van der Waals surface area contributed by atoms with Gasteiger partial charge < -0.3 is 4.98 Å². The van der Waals surface area contributed by atoms with Crippen molar-refractivity contribution in [3.05, 3.63) is 47.5 Å². The number of halogens is 6. The van der Waals surface area contributed by atoms with Crippen LogP contribution in [0.1, 0.15) is 35.8 Å². The third kappa shape index (κ3) is 3.44. The summed E-state index contributed by atoms with van der Waals surface area (Å²) in [6, 6.07) is 3.42. The van der Waals surface area contributed by atoms with Crippen molar-refractivity contribution in [3.63, 3.8) is 0 Å². The molecule has 1 aromatic heterocycles. The number of H-pyrrole nitrogens is 1. The molecule has 142 valence electrons. The van der Waals surface area contributed by atoms with Gasteiger partial charge in [-0.05, 0) is 31.0 Å². The molecule has 26 heavy (non-hydrogen) atoms. The average molecular weight is 398 g/mol. The molecule has 4 nitrogen and oxygen atoms in total. The van der Waals surface area contributed by atoms with E-state index in [1.165, 1.54) is 0 Å².